The third-order valence-electron chi connectivity index (χ3n) is 3.31. The molecule has 1 atom stereocenters. The first kappa shape index (κ1) is 10.3. The van der Waals surface area contributed by atoms with Crippen molar-refractivity contribution >= 4 is 16.7 Å². The number of benzene rings is 1. The van der Waals surface area contributed by atoms with E-state index in [9.17, 15) is 4.79 Å². The Kier molecular flexibility index (Phi) is 2.00. The number of furan rings is 1. The lowest BCUT2D eigenvalue weighted by Gasteiger charge is -2.07. The Morgan fingerprint density at radius 1 is 1.11 bits per heavy atom. The van der Waals surface area contributed by atoms with Gasteiger partial charge >= 0.3 is 5.97 Å². The number of cyclic esters (lactones) is 1. The van der Waals surface area contributed by atoms with Gasteiger partial charge in [0.05, 0.1) is 11.8 Å². The molecule has 0 radical (unpaired) electrons. The summed E-state index contributed by atoms with van der Waals surface area (Å²) >= 11 is 0. The maximum absolute atomic E-state index is 11.8. The molecule has 0 N–H and O–H groups in total. The number of nitrogens with zero attached hydrogens (tertiary/aromatic N) is 1. The van der Waals surface area contributed by atoms with E-state index in [1.165, 1.54) is 0 Å². The second kappa shape index (κ2) is 3.68. The molecule has 2 aromatic heterocycles. The first-order valence-corrected chi connectivity index (χ1v) is 5.96. The van der Waals surface area contributed by atoms with Crippen LogP contribution in [0, 0.1) is 0 Å². The molecule has 4 rings (SSSR count). The number of fused-ring (bicyclic) bond motifs is 2. The smallest absolute Gasteiger partial charge is 0.341 e. The van der Waals surface area contributed by atoms with Gasteiger partial charge in [-0.1, -0.05) is 24.3 Å². The van der Waals surface area contributed by atoms with E-state index >= 15 is 0 Å². The van der Waals surface area contributed by atoms with Crippen molar-refractivity contribution < 1.29 is 13.9 Å². The van der Waals surface area contributed by atoms with Gasteiger partial charge < -0.3 is 9.15 Å². The molecule has 4 heteroatoms. The Bertz CT molecular complexity index is 791. The molecule has 0 bridgehead atoms. The highest BCUT2D eigenvalue weighted by atomic mass is 16.6. The minimum atomic E-state index is -0.552. The Hall–Kier alpha value is -2.62. The maximum Gasteiger partial charge on any atom is 0.341 e. The first-order valence-electron chi connectivity index (χ1n) is 5.96. The molecule has 3 aromatic rings. The van der Waals surface area contributed by atoms with E-state index in [-0.39, 0.29) is 5.97 Å². The normalized spacial score (nSPS) is 17.5. The average molecular weight is 251 g/mol. The largest absolute Gasteiger partial charge is 0.464 e. The number of rotatable bonds is 1. The van der Waals surface area contributed by atoms with Gasteiger partial charge in [-0.05, 0) is 12.1 Å². The molecule has 1 aromatic carbocycles. The number of hydrogen-bond acceptors (Lipinski definition) is 4. The van der Waals surface area contributed by atoms with Crippen molar-refractivity contribution in [1.82, 2.24) is 4.98 Å². The third kappa shape index (κ3) is 1.40. The molecule has 0 fully saturated rings. The van der Waals surface area contributed by atoms with Gasteiger partial charge in [-0.25, -0.2) is 4.79 Å². The fourth-order valence-corrected chi connectivity index (χ4v) is 2.42. The highest BCUT2D eigenvalue weighted by Gasteiger charge is 2.36. The van der Waals surface area contributed by atoms with Gasteiger partial charge in [0.1, 0.15) is 5.69 Å². The van der Waals surface area contributed by atoms with Gasteiger partial charge in [-0.15, -0.1) is 0 Å². The van der Waals surface area contributed by atoms with E-state index in [2.05, 4.69) is 4.98 Å². The van der Waals surface area contributed by atoms with Crippen molar-refractivity contribution in [3.63, 3.8) is 0 Å². The Labute approximate surface area is 108 Å². The number of pyridine rings is 1. The molecular formula is C15H9NO3. The molecule has 0 aliphatic carbocycles. The fraction of sp³-hybridized carbons (Fsp3) is 0.0667. The molecule has 0 saturated heterocycles. The monoisotopic (exact) mass is 251 g/mol. The van der Waals surface area contributed by atoms with Crippen LogP contribution in [-0.2, 0) is 4.74 Å². The molecule has 92 valence electrons. The zero-order chi connectivity index (χ0) is 12.8. The summed E-state index contributed by atoms with van der Waals surface area (Å²) in [7, 11) is 0. The van der Waals surface area contributed by atoms with Gasteiger partial charge in [0.2, 0.25) is 6.10 Å². The van der Waals surface area contributed by atoms with Crippen LogP contribution < -0.4 is 0 Å². The van der Waals surface area contributed by atoms with E-state index in [1.807, 2.05) is 24.3 Å². The second-order valence-corrected chi connectivity index (χ2v) is 4.41. The summed E-state index contributed by atoms with van der Waals surface area (Å²) < 4.78 is 11.0. The molecule has 1 aliphatic rings. The van der Waals surface area contributed by atoms with Crippen LogP contribution in [-0.4, -0.2) is 11.0 Å². The van der Waals surface area contributed by atoms with E-state index in [1.54, 1.807) is 24.6 Å². The molecular weight excluding hydrogens is 242 g/mol. The fourth-order valence-electron chi connectivity index (χ4n) is 2.42. The molecule has 4 nitrogen and oxygen atoms in total. The van der Waals surface area contributed by atoms with Crippen molar-refractivity contribution in [3.8, 4) is 0 Å². The van der Waals surface area contributed by atoms with Crippen molar-refractivity contribution in [2.75, 3.05) is 0 Å². The second-order valence-electron chi connectivity index (χ2n) is 4.41. The van der Waals surface area contributed by atoms with Crippen LogP contribution in [0.25, 0.3) is 10.8 Å². The van der Waals surface area contributed by atoms with Crippen LogP contribution >= 0.6 is 0 Å². The van der Waals surface area contributed by atoms with Gasteiger partial charge in [-0.2, -0.15) is 0 Å². The summed E-state index contributed by atoms with van der Waals surface area (Å²) in [5.41, 5.74) is 1.13. The van der Waals surface area contributed by atoms with Gasteiger partial charge in [0.15, 0.2) is 5.76 Å². The summed E-state index contributed by atoms with van der Waals surface area (Å²) in [6.45, 7) is 0. The molecule has 3 heterocycles. The minimum absolute atomic E-state index is 0.353. The van der Waals surface area contributed by atoms with E-state index in [0.717, 1.165) is 10.8 Å². The Morgan fingerprint density at radius 3 is 2.95 bits per heavy atom. The molecule has 0 amide bonds. The highest BCUT2D eigenvalue weighted by molar-refractivity contribution is 5.95. The summed E-state index contributed by atoms with van der Waals surface area (Å²) in [5, 5.41) is 1.93. The molecule has 1 unspecified atom stereocenters. The minimum Gasteiger partial charge on any atom is -0.464 e. The van der Waals surface area contributed by atoms with Crippen molar-refractivity contribution in [2.24, 2.45) is 0 Å². The average Bonchev–Trinajstić information content (AvgIpc) is 3.01. The summed E-state index contributed by atoms with van der Waals surface area (Å²) in [6.07, 6.45) is 2.77. The lowest BCUT2D eigenvalue weighted by molar-refractivity contribution is 0.0420. The maximum atomic E-state index is 11.8. The first-order chi connectivity index (χ1) is 9.34. The van der Waals surface area contributed by atoms with Gasteiger partial charge in [0.25, 0.3) is 0 Å². The summed E-state index contributed by atoms with van der Waals surface area (Å²) in [5.74, 6) is 0.273. The molecule has 1 aliphatic heterocycles. The molecule has 0 spiro atoms. The van der Waals surface area contributed by atoms with Crippen LogP contribution in [0.15, 0.2) is 53.3 Å². The van der Waals surface area contributed by atoms with E-state index < -0.39 is 6.10 Å². The standard InChI is InChI=1S/C15H9NO3/c17-15-11-6-3-7-16-12(11)14(19-15)13-10-5-2-1-4-9(10)8-18-13/h1-8,14H. The highest BCUT2D eigenvalue weighted by Crippen LogP contribution is 2.38. The lowest BCUT2D eigenvalue weighted by atomic mass is 10.1. The summed E-state index contributed by atoms with van der Waals surface area (Å²) in [6, 6.07) is 11.2. The van der Waals surface area contributed by atoms with Gasteiger partial charge in [-0.3, -0.25) is 4.98 Å². The number of esters is 1. The molecule has 0 saturated carbocycles. The van der Waals surface area contributed by atoms with Crippen LogP contribution in [0.3, 0.4) is 0 Å². The predicted molar refractivity (Wildman–Crippen MR) is 67.7 cm³/mol. The van der Waals surface area contributed by atoms with Crippen LogP contribution in [0.5, 0.6) is 0 Å². The van der Waals surface area contributed by atoms with Crippen LogP contribution in [0.2, 0.25) is 0 Å². The Morgan fingerprint density at radius 2 is 2.00 bits per heavy atom. The van der Waals surface area contributed by atoms with E-state index in [4.69, 9.17) is 9.15 Å². The summed E-state index contributed by atoms with van der Waals surface area (Å²) in [4.78, 5) is 16.1. The topological polar surface area (TPSA) is 52.3 Å². The predicted octanol–water partition coefficient (Wildman–Crippen LogP) is 3.09. The van der Waals surface area contributed by atoms with Crippen molar-refractivity contribution in [3.05, 3.63) is 65.9 Å². The van der Waals surface area contributed by atoms with Crippen molar-refractivity contribution in [1.29, 1.82) is 0 Å². The molecule has 19 heavy (non-hydrogen) atoms. The number of hydrogen-bond donors (Lipinski definition) is 0. The zero-order valence-corrected chi connectivity index (χ0v) is 9.87. The lowest BCUT2D eigenvalue weighted by Crippen LogP contribution is -2.00. The van der Waals surface area contributed by atoms with Crippen LogP contribution in [0.4, 0.5) is 0 Å². The number of carbonyl (C=O) groups excluding carboxylic acids is 1. The van der Waals surface area contributed by atoms with Gasteiger partial charge in [0, 0.05) is 17.0 Å². The number of aromatic nitrogens is 1. The SMILES string of the molecule is O=C1OC(c2occ3ccccc23)c2ncccc21. The number of ether oxygens (including phenoxy) is 1. The third-order valence-corrected chi connectivity index (χ3v) is 3.31. The zero-order valence-electron chi connectivity index (χ0n) is 9.87. The van der Waals surface area contributed by atoms with Crippen molar-refractivity contribution in [2.45, 2.75) is 6.10 Å². The van der Waals surface area contributed by atoms with Crippen LogP contribution in [0.1, 0.15) is 27.9 Å². The number of carbonyl (C=O) groups is 1. The quantitative estimate of drug-likeness (QED) is 0.623. The van der Waals surface area contributed by atoms with E-state index in [0.29, 0.717) is 17.0 Å². The Balaban J connectivity index is 1.93.